The second-order valence-electron chi connectivity index (χ2n) is 5.61. The van der Waals surface area contributed by atoms with E-state index in [9.17, 15) is 0 Å². The Kier molecular flexibility index (Phi) is 23.2. The summed E-state index contributed by atoms with van der Waals surface area (Å²) in [5.74, 6) is 0. The molecule has 0 aromatic rings. The Labute approximate surface area is 162 Å². The topological polar surface area (TPSA) is 18.5 Å². The van der Waals surface area contributed by atoms with Crippen molar-refractivity contribution in [1.82, 2.24) is 15.1 Å². The first-order valence-corrected chi connectivity index (χ1v) is 8.41. The van der Waals surface area contributed by atoms with Crippen molar-refractivity contribution >= 4 is 0 Å². The van der Waals surface area contributed by atoms with Gasteiger partial charge in [0.1, 0.15) is 0 Å². The maximum Gasteiger partial charge on any atom is -1.00 e. The van der Waals surface area contributed by atoms with Gasteiger partial charge in [-0.15, -0.1) is 0 Å². The van der Waals surface area contributed by atoms with E-state index in [1.54, 1.807) is 0 Å². The Morgan fingerprint density at radius 1 is 0.810 bits per heavy atom. The van der Waals surface area contributed by atoms with E-state index >= 15 is 0 Å². The Morgan fingerprint density at radius 2 is 1.33 bits per heavy atom. The standard InChI is InChI=1S/C14H30N3.3ClH.Ti/c1-16-11-5-3-9-15-10-4-6-12-17(2)14-8-7-13-16;;;;/h11,15H,3-10,12-14H2,1-2H3;3*1H;/q;;;;+3/p-3. The molecular weight excluding hydrogens is 364 g/mol. The zero-order valence-electron chi connectivity index (χ0n) is 13.4. The van der Waals surface area contributed by atoms with Crippen LogP contribution in [0.5, 0.6) is 0 Å². The third-order valence-electron chi connectivity index (χ3n) is 3.81. The molecule has 21 heavy (non-hydrogen) atoms. The predicted molar refractivity (Wildman–Crippen MR) is 74.5 cm³/mol. The van der Waals surface area contributed by atoms with Gasteiger partial charge in [-0.2, -0.15) is 0 Å². The van der Waals surface area contributed by atoms with Gasteiger partial charge in [-0.3, -0.25) is 0 Å². The molecule has 1 unspecified atom stereocenters. The van der Waals surface area contributed by atoms with Crippen LogP contribution in [0.4, 0.5) is 0 Å². The summed E-state index contributed by atoms with van der Waals surface area (Å²) in [4.78, 5) is 5.02. The Balaban J connectivity index is -0.00000108. The molecule has 1 N–H and O–H groups in total. The first-order chi connectivity index (χ1) is 8.70. The SMILES string of the molecule is CN1CCCCNCCC[CH]([Ti+3])N(C)CCCC1.[Cl-].[Cl-].[Cl-]. The molecule has 0 amide bonds. The molecule has 1 rings (SSSR count). The quantitative estimate of drug-likeness (QED) is 0.412. The summed E-state index contributed by atoms with van der Waals surface area (Å²) in [5.41, 5.74) is 0. The van der Waals surface area contributed by atoms with Crippen molar-refractivity contribution in [3.05, 3.63) is 0 Å². The number of halogens is 3. The fourth-order valence-corrected chi connectivity index (χ4v) is 2.93. The van der Waals surface area contributed by atoms with Gasteiger partial charge in [0.2, 0.25) is 0 Å². The Bertz CT molecular complexity index is 214. The fraction of sp³-hybridized carbons (Fsp3) is 1.00. The molecule has 7 heteroatoms. The van der Waals surface area contributed by atoms with E-state index in [4.69, 9.17) is 0 Å². The summed E-state index contributed by atoms with van der Waals surface area (Å²) in [6.45, 7) is 6.15. The van der Waals surface area contributed by atoms with Gasteiger partial charge in [0, 0.05) is 0 Å². The molecule has 3 nitrogen and oxygen atoms in total. The number of nitrogens with zero attached hydrogens (tertiary/aromatic N) is 2. The summed E-state index contributed by atoms with van der Waals surface area (Å²) in [6, 6.07) is 0. The molecule has 1 heterocycles. The molecular formula is C14H30Cl3N3Ti. The van der Waals surface area contributed by atoms with Crippen molar-refractivity contribution in [3.8, 4) is 0 Å². The van der Waals surface area contributed by atoms with Crippen LogP contribution < -0.4 is 42.5 Å². The molecule has 1 aliphatic rings. The molecule has 1 fully saturated rings. The van der Waals surface area contributed by atoms with Gasteiger partial charge >= 0.3 is 125 Å². The predicted octanol–water partition coefficient (Wildman–Crippen LogP) is -7.32. The van der Waals surface area contributed by atoms with Crippen molar-refractivity contribution in [2.24, 2.45) is 0 Å². The van der Waals surface area contributed by atoms with Gasteiger partial charge in [0.15, 0.2) is 0 Å². The van der Waals surface area contributed by atoms with Crippen molar-refractivity contribution in [1.29, 1.82) is 0 Å². The minimum Gasteiger partial charge on any atom is -1.00 e. The second kappa shape index (κ2) is 17.8. The van der Waals surface area contributed by atoms with Crippen molar-refractivity contribution in [3.63, 3.8) is 0 Å². The number of hydrogen-bond acceptors (Lipinski definition) is 3. The van der Waals surface area contributed by atoms with Gasteiger partial charge < -0.3 is 37.2 Å². The number of hydrogen-bond donors (Lipinski definition) is 1. The van der Waals surface area contributed by atoms with Crippen LogP contribution in [0.25, 0.3) is 0 Å². The monoisotopic (exact) mass is 393 g/mol. The molecule has 1 saturated heterocycles. The molecule has 0 saturated carbocycles. The van der Waals surface area contributed by atoms with Gasteiger partial charge in [-0.05, 0) is 0 Å². The van der Waals surface area contributed by atoms with E-state index in [1.165, 1.54) is 71.2 Å². The van der Waals surface area contributed by atoms with Crippen LogP contribution in [-0.2, 0) is 20.4 Å². The number of nitrogens with one attached hydrogen (secondary N) is 1. The largest absolute Gasteiger partial charge is 1.00 e. The van der Waals surface area contributed by atoms with Crippen LogP contribution in [0.2, 0.25) is 0 Å². The van der Waals surface area contributed by atoms with E-state index < -0.39 is 0 Å². The molecule has 0 spiro atoms. The Morgan fingerprint density at radius 3 is 2.00 bits per heavy atom. The van der Waals surface area contributed by atoms with E-state index in [2.05, 4.69) is 49.6 Å². The normalized spacial score (nSPS) is 24.5. The van der Waals surface area contributed by atoms with E-state index in [0.717, 1.165) is 4.35 Å². The maximum absolute atomic E-state index is 3.57. The second-order valence-corrected chi connectivity index (χ2v) is 6.65. The van der Waals surface area contributed by atoms with Crippen LogP contribution >= 0.6 is 0 Å². The fourth-order valence-electron chi connectivity index (χ4n) is 2.41. The summed E-state index contributed by atoms with van der Waals surface area (Å²) >= 11 is 2.37. The maximum atomic E-state index is 3.57. The average Bonchev–Trinajstić information content (AvgIpc) is 2.36. The van der Waals surface area contributed by atoms with E-state index in [1.807, 2.05) is 0 Å². The van der Waals surface area contributed by atoms with Gasteiger partial charge in [-0.25, -0.2) is 0 Å². The average molecular weight is 395 g/mol. The molecule has 1 atom stereocenters. The third kappa shape index (κ3) is 14.8. The first-order valence-electron chi connectivity index (χ1n) is 7.51. The van der Waals surface area contributed by atoms with E-state index in [0.29, 0.717) is 0 Å². The molecule has 0 aliphatic carbocycles. The number of rotatable bonds is 0. The minimum absolute atomic E-state index is 0. The van der Waals surface area contributed by atoms with Crippen LogP contribution in [0.15, 0.2) is 0 Å². The van der Waals surface area contributed by atoms with Crippen LogP contribution in [0.3, 0.4) is 0 Å². The summed E-state index contributed by atoms with van der Waals surface area (Å²) in [5, 5.41) is 3.57. The molecule has 0 aromatic heterocycles. The van der Waals surface area contributed by atoms with Crippen molar-refractivity contribution < 1.29 is 57.7 Å². The molecule has 1 aliphatic heterocycles. The molecule has 0 aromatic carbocycles. The van der Waals surface area contributed by atoms with Crippen LogP contribution in [-0.4, -0.2) is 61.0 Å². The van der Waals surface area contributed by atoms with Crippen LogP contribution in [0.1, 0.15) is 38.5 Å². The van der Waals surface area contributed by atoms with E-state index in [-0.39, 0.29) is 37.2 Å². The van der Waals surface area contributed by atoms with Gasteiger partial charge in [-0.1, -0.05) is 0 Å². The Hall–Kier alpha value is 1.46. The van der Waals surface area contributed by atoms with Crippen molar-refractivity contribution in [2.45, 2.75) is 42.9 Å². The summed E-state index contributed by atoms with van der Waals surface area (Å²) in [7, 11) is 4.54. The zero-order chi connectivity index (χ0) is 13.2. The van der Waals surface area contributed by atoms with Gasteiger partial charge in [0.05, 0.1) is 0 Å². The summed E-state index contributed by atoms with van der Waals surface area (Å²) < 4.78 is 0.731. The minimum atomic E-state index is 0. The van der Waals surface area contributed by atoms with Crippen LogP contribution in [0, 0.1) is 0 Å². The van der Waals surface area contributed by atoms with Crippen molar-refractivity contribution in [2.75, 3.05) is 46.8 Å². The first kappa shape index (κ1) is 27.3. The summed E-state index contributed by atoms with van der Waals surface area (Å²) in [6.07, 6.45) is 7.96. The van der Waals surface area contributed by atoms with Gasteiger partial charge in [0.25, 0.3) is 0 Å². The third-order valence-corrected chi connectivity index (χ3v) is 4.95. The zero-order valence-corrected chi connectivity index (χ0v) is 17.2. The smallest absolute Gasteiger partial charge is 1.00 e. The molecule has 0 bridgehead atoms. The molecule has 0 radical (unpaired) electrons. The molecule has 126 valence electrons.